The predicted molar refractivity (Wildman–Crippen MR) is 123 cm³/mol. The molecule has 0 fully saturated rings. The highest BCUT2D eigenvalue weighted by molar-refractivity contribution is 7.99. The van der Waals surface area contributed by atoms with Crippen LogP contribution in [0, 0.1) is 0 Å². The number of anilines is 1. The minimum atomic E-state index is -0.138. The van der Waals surface area contributed by atoms with Gasteiger partial charge in [-0.25, -0.2) is 0 Å². The highest BCUT2D eigenvalue weighted by Crippen LogP contribution is 2.30. The first kappa shape index (κ1) is 20.7. The summed E-state index contributed by atoms with van der Waals surface area (Å²) in [6.07, 6.45) is 0. The second-order valence-electron chi connectivity index (χ2n) is 6.66. The summed E-state index contributed by atoms with van der Waals surface area (Å²) in [5.41, 5.74) is 1.62. The molecular formula is C24H22N4O2S. The lowest BCUT2D eigenvalue weighted by Gasteiger charge is -2.12. The van der Waals surface area contributed by atoms with Gasteiger partial charge in [-0.3, -0.25) is 4.79 Å². The number of benzene rings is 3. The second kappa shape index (κ2) is 9.95. The van der Waals surface area contributed by atoms with Gasteiger partial charge in [-0.05, 0) is 31.2 Å². The Hall–Kier alpha value is -3.58. The Balaban J connectivity index is 1.42. The first-order chi connectivity index (χ1) is 15.2. The number of amides is 1. The van der Waals surface area contributed by atoms with Crippen molar-refractivity contribution in [1.82, 2.24) is 14.8 Å². The molecule has 0 aliphatic carbocycles. The molecule has 0 saturated carbocycles. The van der Waals surface area contributed by atoms with Gasteiger partial charge in [0.1, 0.15) is 5.75 Å². The second-order valence-corrected chi connectivity index (χ2v) is 7.61. The van der Waals surface area contributed by atoms with E-state index in [1.54, 1.807) is 0 Å². The summed E-state index contributed by atoms with van der Waals surface area (Å²) in [7, 11) is 0. The van der Waals surface area contributed by atoms with Gasteiger partial charge in [0, 0.05) is 12.1 Å². The monoisotopic (exact) mass is 430 g/mol. The Kier molecular flexibility index (Phi) is 6.64. The number of carbonyl (C=O) groups excluding carboxylic acids is 1. The van der Waals surface area contributed by atoms with Crippen LogP contribution in [0.2, 0.25) is 0 Å². The number of thioether (sulfide) groups is 1. The van der Waals surface area contributed by atoms with Crippen LogP contribution < -0.4 is 10.1 Å². The maximum atomic E-state index is 12.6. The van der Waals surface area contributed by atoms with E-state index in [2.05, 4.69) is 15.5 Å². The molecule has 156 valence electrons. The van der Waals surface area contributed by atoms with Crippen molar-refractivity contribution in [2.75, 3.05) is 11.1 Å². The quantitative estimate of drug-likeness (QED) is 0.375. The van der Waals surface area contributed by atoms with E-state index < -0.39 is 0 Å². The SMILES string of the molecule is CCn1c(SCC(=O)Nc2ccccc2Oc2ccccc2)nnc1-c1ccccc1. The number of para-hydroxylation sites is 3. The molecule has 4 rings (SSSR count). The molecule has 7 heteroatoms. The van der Waals surface area contributed by atoms with Crippen molar-refractivity contribution in [3.63, 3.8) is 0 Å². The zero-order chi connectivity index (χ0) is 21.5. The van der Waals surface area contributed by atoms with Crippen LogP contribution in [0.25, 0.3) is 11.4 Å². The lowest BCUT2D eigenvalue weighted by atomic mass is 10.2. The average Bonchev–Trinajstić information content (AvgIpc) is 3.23. The number of carbonyl (C=O) groups is 1. The molecule has 1 amide bonds. The highest BCUT2D eigenvalue weighted by Gasteiger charge is 2.15. The Bertz CT molecular complexity index is 1150. The smallest absolute Gasteiger partial charge is 0.234 e. The van der Waals surface area contributed by atoms with Crippen molar-refractivity contribution < 1.29 is 9.53 Å². The normalized spacial score (nSPS) is 10.6. The van der Waals surface area contributed by atoms with Crippen LogP contribution in [0.15, 0.2) is 90.1 Å². The summed E-state index contributed by atoms with van der Waals surface area (Å²) < 4.78 is 7.93. The first-order valence-corrected chi connectivity index (χ1v) is 11.0. The molecule has 0 unspecified atom stereocenters. The highest BCUT2D eigenvalue weighted by atomic mass is 32.2. The Morgan fingerprint density at radius 3 is 2.35 bits per heavy atom. The average molecular weight is 431 g/mol. The van der Waals surface area contributed by atoms with Crippen molar-refractivity contribution in [2.45, 2.75) is 18.6 Å². The number of hydrogen-bond acceptors (Lipinski definition) is 5. The van der Waals surface area contributed by atoms with E-state index in [-0.39, 0.29) is 11.7 Å². The van der Waals surface area contributed by atoms with Gasteiger partial charge in [0.2, 0.25) is 5.91 Å². The van der Waals surface area contributed by atoms with Gasteiger partial charge in [-0.15, -0.1) is 10.2 Å². The molecule has 3 aromatic carbocycles. The van der Waals surface area contributed by atoms with Gasteiger partial charge >= 0.3 is 0 Å². The molecule has 0 radical (unpaired) electrons. The van der Waals surface area contributed by atoms with Gasteiger partial charge < -0.3 is 14.6 Å². The maximum Gasteiger partial charge on any atom is 0.234 e. The summed E-state index contributed by atoms with van der Waals surface area (Å²) in [6.45, 7) is 2.76. The molecule has 1 N–H and O–H groups in total. The fourth-order valence-electron chi connectivity index (χ4n) is 3.07. The van der Waals surface area contributed by atoms with Gasteiger partial charge in [0.05, 0.1) is 11.4 Å². The molecule has 0 aliphatic rings. The Morgan fingerprint density at radius 1 is 0.935 bits per heavy atom. The summed E-state index contributed by atoms with van der Waals surface area (Å²) >= 11 is 1.36. The van der Waals surface area contributed by atoms with Crippen LogP contribution >= 0.6 is 11.8 Å². The van der Waals surface area contributed by atoms with Gasteiger partial charge in [-0.1, -0.05) is 72.4 Å². The van der Waals surface area contributed by atoms with Gasteiger partial charge in [-0.2, -0.15) is 0 Å². The first-order valence-electron chi connectivity index (χ1n) is 9.98. The van der Waals surface area contributed by atoms with Crippen LogP contribution in [0.5, 0.6) is 11.5 Å². The molecule has 1 aromatic heterocycles. The number of ether oxygens (including phenoxy) is 1. The lowest BCUT2D eigenvalue weighted by Crippen LogP contribution is -2.15. The van der Waals surface area contributed by atoms with E-state index in [1.165, 1.54) is 11.8 Å². The predicted octanol–water partition coefficient (Wildman–Crippen LogP) is 5.49. The van der Waals surface area contributed by atoms with Gasteiger partial charge in [0.15, 0.2) is 16.7 Å². The Labute approximate surface area is 185 Å². The summed E-state index contributed by atoms with van der Waals surface area (Å²) in [6, 6.07) is 26.8. The van der Waals surface area contributed by atoms with Crippen molar-refractivity contribution in [1.29, 1.82) is 0 Å². The lowest BCUT2D eigenvalue weighted by molar-refractivity contribution is -0.113. The third kappa shape index (κ3) is 5.13. The number of aromatic nitrogens is 3. The zero-order valence-electron chi connectivity index (χ0n) is 17.1. The molecule has 0 saturated heterocycles. The zero-order valence-corrected chi connectivity index (χ0v) is 17.9. The summed E-state index contributed by atoms with van der Waals surface area (Å²) in [4.78, 5) is 12.6. The third-order valence-electron chi connectivity index (χ3n) is 4.53. The molecule has 0 bridgehead atoms. The molecule has 0 atom stereocenters. The van der Waals surface area contributed by atoms with E-state index in [9.17, 15) is 4.79 Å². The number of nitrogens with one attached hydrogen (secondary N) is 1. The van der Waals surface area contributed by atoms with Crippen molar-refractivity contribution in [3.05, 3.63) is 84.9 Å². The third-order valence-corrected chi connectivity index (χ3v) is 5.50. The van der Waals surface area contributed by atoms with Crippen LogP contribution in [0.3, 0.4) is 0 Å². The van der Waals surface area contributed by atoms with Crippen LogP contribution in [0.4, 0.5) is 5.69 Å². The van der Waals surface area contributed by atoms with Crippen molar-refractivity contribution in [2.24, 2.45) is 0 Å². The van der Waals surface area contributed by atoms with E-state index in [1.807, 2.05) is 96.4 Å². The number of nitrogens with zero attached hydrogens (tertiary/aromatic N) is 3. The minimum absolute atomic E-state index is 0.138. The summed E-state index contributed by atoms with van der Waals surface area (Å²) in [5, 5.41) is 12.3. The summed E-state index contributed by atoms with van der Waals surface area (Å²) in [5.74, 6) is 2.18. The molecule has 0 aliphatic heterocycles. The largest absolute Gasteiger partial charge is 0.455 e. The van der Waals surface area contributed by atoms with E-state index in [0.29, 0.717) is 22.3 Å². The minimum Gasteiger partial charge on any atom is -0.455 e. The fraction of sp³-hybridized carbons (Fsp3) is 0.125. The Morgan fingerprint density at radius 2 is 1.61 bits per heavy atom. The van der Waals surface area contributed by atoms with Crippen molar-refractivity contribution in [3.8, 4) is 22.9 Å². The standard InChI is InChI=1S/C24H22N4O2S/c1-2-28-23(18-11-5-3-6-12-18)26-27-24(28)31-17-22(29)25-20-15-9-10-16-21(20)30-19-13-7-4-8-14-19/h3-16H,2,17H2,1H3,(H,25,29). The fourth-order valence-corrected chi connectivity index (χ4v) is 3.87. The molecule has 0 spiro atoms. The molecule has 1 heterocycles. The van der Waals surface area contributed by atoms with Crippen LogP contribution in [-0.2, 0) is 11.3 Å². The molecule has 31 heavy (non-hydrogen) atoms. The molecule has 4 aromatic rings. The molecular weight excluding hydrogens is 408 g/mol. The molecule has 6 nitrogen and oxygen atoms in total. The van der Waals surface area contributed by atoms with Gasteiger partial charge in [0.25, 0.3) is 0 Å². The number of hydrogen-bond donors (Lipinski definition) is 1. The topological polar surface area (TPSA) is 69.0 Å². The van der Waals surface area contributed by atoms with Crippen molar-refractivity contribution >= 4 is 23.4 Å². The van der Waals surface area contributed by atoms with E-state index >= 15 is 0 Å². The van der Waals surface area contributed by atoms with E-state index in [0.717, 1.165) is 17.9 Å². The number of rotatable bonds is 8. The maximum absolute atomic E-state index is 12.6. The van der Waals surface area contributed by atoms with E-state index in [4.69, 9.17) is 4.74 Å². The van der Waals surface area contributed by atoms with Crippen LogP contribution in [0.1, 0.15) is 6.92 Å². The van der Waals surface area contributed by atoms with Crippen LogP contribution in [-0.4, -0.2) is 26.4 Å².